The fraction of sp³-hybridized carbons (Fsp3) is 0.333. The summed E-state index contributed by atoms with van der Waals surface area (Å²) in [5, 5.41) is 3.67. The number of nitrogens with one attached hydrogen (secondary N) is 1. The maximum Gasteiger partial charge on any atom is 0.267 e. The van der Waals surface area contributed by atoms with E-state index in [-0.39, 0.29) is 5.91 Å². The molecule has 1 amide bonds. The van der Waals surface area contributed by atoms with E-state index in [1.54, 1.807) is 6.20 Å². The van der Waals surface area contributed by atoms with E-state index in [0.29, 0.717) is 9.90 Å². The third-order valence-corrected chi connectivity index (χ3v) is 6.15. The van der Waals surface area contributed by atoms with E-state index in [1.165, 1.54) is 11.3 Å². The number of thiazole rings is 1. The average Bonchev–Trinajstić information content (AvgIpc) is 3.19. The molecular formula is C18H20ClN5OS. The quantitative estimate of drug-likeness (QED) is 0.746. The number of hydrogen-bond acceptors (Lipinski definition) is 5. The standard InChI is InChI=1S/C18H20ClN5OS/c1-12-16(26-18-20-5-6-24(12)18)17(25)21-14-11-13(19)3-4-15(14)23-9-7-22(2)8-10-23/h3-6,11H,7-10H2,1-2H3,(H,21,25). The van der Waals surface area contributed by atoms with Crippen molar-refractivity contribution < 1.29 is 4.79 Å². The number of aryl methyl sites for hydroxylation is 1. The summed E-state index contributed by atoms with van der Waals surface area (Å²) in [6.45, 7) is 5.77. The molecule has 0 bridgehead atoms. The number of benzene rings is 1. The summed E-state index contributed by atoms with van der Waals surface area (Å²) in [7, 11) is 2.12. The third kappa shape index (κ3) is 3.18. The molecule has 1 fully saturated rings. The zero-order chi connectivity index (χ0) is 18.3. The Morgan fingerprint density at radius 3 is 2.77 bits per heavy atom. The summed E-state index contributed by atoms with van der Waals surface area (Å²) < 4.78 is 1.93. The van der Waals surface area contributed by atoms with E-state index in [4.69, 9.17) is 11.6 Å². The van der Waals surface area contributed by atoms with Crippen LogP contribution < -0.4 is 10.2 Å². The number of likely N-dealkylation sites (N-methyl/N-ethyl adjacent to an activating group) is 1. The summed E-state index contributed by atoms with van der Waals surface area (Å²) >= 11 is 7.59. The van der Waals surface area contributed by atoms with Crippen LogP contribution in [0.15, 0.2) is 30.6 Å². The normalized spacial score (nSPS) is 15.6. The van der Waals surface area contributed by atoms with E-state index >= 15 is 0 Å². The summed E-state index contributed by atoms with van der Waals surface area (Å²) in [5.74, 6) is -0.129. The molecule has 1 N–H and O–H groups in total. The fourth-order valence-corrected chi connectivity index (χ4v) is 4.37. The van der Waals surface area contributed by atoms with E-state index in [1.807, 2.05) is 35.7 Å². The van der Waals surface area contributed by atoms with Crippen molar-refractivity contribution in [3.05, 3.63) is 46.2 Å². The summed E-state index contributed by atoms with van der Waals surface area (Å²) in [6.07, 6.45) is 3.61. The van der Waals surface area contributed by atoms with Gasteiger partial charge in [-0.15, -0.1) is 0 Å². The minimum absolute atomic E-state index is 0.129. The Hall–Kier alpha value is -2.09. The number of hydrogen-bond donors (Lipinski definition) is 1. The van der Waals surface area contributed by atoms with Gasteiger partial charge in [-0.3, -0.25) is 9.20 Å². The van der Waals surface area contributed by atoms with Gasteiger partial charge in [0.15, 0.2) is 4.96 Å². The van der Waals surface area contributed by atoms with Gasteiger partial charge in [0.1, 0.15) is 4.88 Å². The molecular weight excluding hydrogens is 370 g/mol. The van der Waals surface area contributed by atoms with Gasteiger partial charge < -0.3 is 15.1 Å². The third-order valence-electron chi connectivity index (χ3n) is 4.75. The molecule has 3 aromatic rings. The molecule has 0 aliphatic carbocycles. The monoisotopic (exact) mass is 389 g/mol. The molecule has 1 aromatic carbocycles. The molecule has 1 aliphatic rings. The first-order valence-electron chi connectivity index (χ1n) is 8.50. The number of rotatable bonds is 3. The van der Waals surface area contributed by atoms with Gasteiger partial charge >= 0.3 is 0 Å². The number of carbonyl (C=O) groups excluding carboxylic acids is 1. The van der Waals surface area contributed by atoms with Crippen LogP contribution in [-0.4, -0.2) is 53.4 Å². The number of piperazine rings is 1. The number of amides is 1. The van der Waals surface area contributed by atoms with Crippen molar-refractivity contribution in [3.8, 4) is 0 Å². The minimum atomic E-state index is -0.129. The van der Waals surface area contributed by atoms with Crippen LogP contribution in [0, 0.1) is 6.92 Å². The topological polar surface area (TPSA) is 52.9 Å². The Balaban J connectivity index is 1.62. The second-order valence-electron chi connectivity index (χ2n) is 6.50. The molecule has 0 saturated carbocycles. The number of anilines is 2. The lowest BCUT2D eigenvalue weighted by Gasteiger charge is -2.35. The van der Waals surface area contributed by atoms with Crippen molar-refractivity contribution in [1.29, 1.82) is 0 Å². The van der Waals surface area contributed by atoms with E-state index in [2.05, 4.69) is 27.1 Å². The van der Waals surface area contributed by atoms with Crippen LogP contribution in [-0.2, 0) is 0 Å². The SMILES string of the molecule is Cc1c(C(=O)Nc2cc(Cl)ccc2N2CCN(C)CC2)sc2nccn12. The first kappa shape index (κ1) is 17.3. The number of halogens is 1. The Labute approximate surface area is 161 Å². The summed E-state index contributed by atoms with van der Waals surface area (Å²) in [6, 6.07) is 5.67. The first-order valence-corrected chi connectivity index (χ1v) is 9.69. The van der Waals surface area contributed by atoms with Gasteiger partial charge in [-0.25, -0.2) is 4.98 Å². The van der Waals surface area contributed by atoms with Gasteiger partial charge in [0, 0.05) is 49.3 Å². The lowest BCUT2D eigenvalue weighted by Crippen LogP contribution is -2.44. The molecule has 136 valence electrons. The minimum Gasteiger partial charge on any atom is -0.367 e. The molecule has 8 heteroatoms. The molecule has 0 atom stereocenters. The predicted octanol–water partition coefficient (Wildman–Crippen LogP) is 3.36. The molecule has 0 unspecified atom stereocenters. The highest BCUT2D eigenvalue weighted by Crippen LogP contribution is 2.31. The largest absolute Gasteiger partial charge is 0.367 e. The fourth-order valence-electron chi connectivity index (χ4n) is 3.22. The molecule has 1 aliphatic heterocycles. The second-order valence-corrected chi connectivity index (χ2v) is 7.92. The van der Waals surface area contributed by atoms with Crippen molar-refractivity contribution in [2.24, 2.45) is 0 Å². The van der Waals surface area contributed by atoms with Gasteiger partial charge in [-0.05, 0) is 32.2 Å². The van der Waals surface area contributed by atoms with Gasteiger partial charge in [-0.1, -0.05) is 22.9 Å². The highest BCUT2D eigenvalue weighted by atomic mass is 35.5. The number of fused-ring (bicyclic) bond motifs is 1. The molecule has 0 radical (unpaired) electrons. The van der Waals surface area contributed by atoms with Gasteiger partial charge in [0.25, 0.3) is 5.91 Å². The van der Waals surface area contributed by atoms with Crippen molar-refractivity contribution in [1.82, 2.24) is 14.3 Å². The Morgan fingerprint density at radius 1 is 1.27 bits per heavy atom. The molecule has 1 saturated heterocycles. The maximum atomic E-state index is 12.9. The van der Waals surface area contributed by atoms with Crippen LogP contribution in [0.4, 0.5) is 11.4 Å². The number of imidazole rings is 1. The number of nitrogens with zero attached hydrogens (tertiary/aromatic N) is 4. The van der Waals surface area contributed by atoms with E-state index in [9.17, 15) is 4.79 Å². The molecule has 26 heavy (non-hydrogen) atoms. The molecule has 4 rings (SSSR count). The van der Waals surface area contributed by atoms with Gasteiger partial charge in [-0.2, -0.15) is 0 Å². The van der Waals surface area contributed by atoms with Crippen molar-refractivity contribution >= 4 is 45.2 Å². The van der Waals surface area contributed by atoms with E-state index in [0.717, 1.165) is 48.2 Å². The van der Waals surface area contributed by atoms with Gasteiger partial charge in [0.05, 0.1) is 11.4 Å². The first-order chi connectivity index (χ1) is 12.5. The Morgan fingerprint density at radius 2 is 2.04 bits per heavy atom. The Kier molecular flexibility index (Phi) is 4.60. The van der Waals surface area contributed by atoms with Crippen LogP contribution in [0.2, 0.25) is 5.02 Å². The average molecular weight is 390 g/mol. The molecule has 3 heterocycles. The van der Waals surface area contributed by atoms with E-state index < -0.39 is 0 Å². The van der Waals surface area contributed by atoms with Crippen LogP contribution in [0.5, 0.6) is 0 Å². The van der Waals surface area contributed by atoms with Crippen molar-refractivity contribution in [2.75, 3.05) is 43.4 Å². The highest BCUT2D eigenvalue weighted by Gasteiger charge is 2.21. The van der Waals surface area contributed by atoms with Gasteiger partial charge in [0.2, 0.25) is 0 Å². The zero-order valence-corrected chi connectivity index (χ0v) is 16.3. The predicted molar refractivity (Wildman–Crippen MR) is 107 cm³/mol. The van der Waals surface area contributed by atoms with Crippen molar-refractivity contribution in [3.63, 3.8) is 0 Å². The van der Waals surface area contributed by atoms with Crippen LogP contribution in [0.1, 0.15) is 15.4 Å². The molecule has 0 spiro atoms. The van der Waals surface area contributed by atoms with Crippen LogP contribution in [0.3, 0.4) is 0 Å². The van der Waals surface area contributed by atoms with Crippen molar-refractivity contribution in [2.45, 2.75) is 6.92 Å². The summed E-state index contributed by atoms with van der Waals surface area (Å²) in [5.41, 5.74) is 2.65. The highest BCUT2D eigenvalue weighted by molar-refractivity contribution is 7.19. The molecule has 2 aromatic heterocycles. The number of carbonyl (C=O) groups is 1. The maximum absolute atomic E-state index is 12.9. The van der Waals surface area contributed by atoms with Crippen LogP contribution in [0.25, 0.3) is 4.96 Å². The zero-order valence-electron chi connectivity index (χ0n) is 14.7. The number of aromatic nitrogens is 2. The molecule has 6 nitrogen and oxygen atoms in total. The summed E-state index contributed by atoms with van der Waals surface area (Å²) in [4.78, 5) is 23.2. The lowest BCUT2D eigenvalue weighted by molar-refractivity contribution is 0.102. The Bertz CT molecular complexity index is 958. The lowest BCUT2D eigenvalue weighted by atomic mass is 10.2. The van der Waals surface area contributed by atoms with Crippen LogP contribution >= 0.6 is 22.9 Å². The smallest absolute Gasteiger partial charge is 0.267 e. The second kappa shape index (κ2) is 6.90.